The van der Waals surface area contributed by atoms with Crippen LogP contribution in [0.3, 0.4) is 0 Å². The summed E-state index contributed by atoms with van der Waals surface area (Å²) in [7, 11) is 0. The number of halogens is 1. The molecule has 0 aliphatic heterocycles. The molecule has 0 amide bonds. The summed E-state index contributed by atoms with van der Waals surface area (Å²) >= 11 is 0. The Labute approximate surface area is 123 Å². The first-order chi connectivity index (χ1) is 10.2. The van der Waals surface area contributed by atoms with Crippen LogP contribution >= 0.6 is 0 Å². The van der Waals surface area contributed by atoms with Crippen LogP contribution < -0.4 is 10.5 Å². The van der Waals surface area contributed by atoms with E-state index in [2.05, 4.69) is 6.07 Å². The summed E-state index contributed by atoms with van der Waals surface area (Å²) in [4.78, 5) is 0. The molecule has 0 bridgehead atoms. The van der Waals surface area contributed by atoms with Gasteiger partial charge in [-0.2, -0.15) is 5.26 Å². The molecule has 0 aliphatic carbocycles. The smallest absolute Gasteiger partial charge is 0.128 e. The minimum absolute atomic E-state index is 0.357. The van der Waals surface area contributed by atoms with Crippen LogP contribution in [0.2, 0.25) is 0 Å². The highest BCUT2D eigenvalue weighted by atomic mass is 19.1. The van der Waals surface area contributed by atoms with Crippen molar-refractivity contribution in [3.63, 3.8) is 0 Å². The number of hydrogen-bond donors (Lipinski definition) is 1. The zero-order valence-corrected chi connectivity index (χ0v) is 11.6. The van der Waals surface area contributed by atoms with Crippen molar-refractivity contribution in [2.75, 3.05) is 13.2 Å². The zero-order chi connectivity index (χ0) is 15.1. The monoisotopic (exact) mass is 284 g/mol. The summed E-state index contributed by atoms with van der Waals surface area (Å²) in [6.07, 6.45) is 0.467. The van der Waals surface area contributed by atoms with E-state index in [1.807, 2.05) is 30.3 Å². The molecular formula is C17H17FN2O. The maximum Gasteiger partial charge on any atom is 0.128 e. The Hall–Kier alpha value is -2.38. The van der Waals surface area contributed by atoms with Gasteiger partial charge >= 0.3 is 0 Å². The fraction of sp³-hybridized carbons (Fsp3) is 0.235. The molecule has 21 heavy (non-hydrogen) atoms. The van der Waals surface area contributed by atoms with Crippen LogP contribution in [0.5, 0.6) is 5.75 Å². The molecule has 0 fully saturated rings. The van der Waals surface area contributed by atoms with Gasteiger partial charge in [-0.3, -0.25) is 0 Å². The maximum atomic E-state index is 14.0. The zero-order valence-electron chi connectivity index (χ0n) is 11.6. The van der Waals surface area contributed by atoms with Gasteiger partial charge in [-0.05, 0) is 30.2 Å². The standard InChI is InChI=1S/C17H17FN2O/c18-17-7-6-15(21-9-8-19)11-16(17)14(12-20)10-13-4-2-1-3-5-13/h1-7,11,14H,8-10,19H2. The number of ether oxygens (including phenoxy) is 1. The number of nitrogens with zero attached hydrogens (tertiary/aromatic N) is 1. The molecule has 2 rings (SSSR count). The molecule has 0 spiro atoms. The normalized spacial score (nSPS) is 11.7. The lowest BCUT2D eigenvalue weighted by molar-refractivity contribution is 0.327. The van der Waals surface area contributed by atoms with E-state index < -0.39 is 11.7 Å². The Kier molecular flexibility index (Phi) is 5.30. The lowest BCUT2D eigenvalue weighted by Gasteiger charge is -2.13. The minimum atomic E-state index is -0.547. The van der Waals surface area contributed by atoms with Gasteiger partial charge in [-0.25, -0.2) is 4.39 Å². The van der Waals surface area contributed by atoms with Gasteiger partial charge in [0.25, 0.3) is 0 Å². The van der Waals surface area contributed by atoms with Gasteiger partial charge in [0.15, 0.2) is 0 Å². The van der Waals surface area contributed by atoms with Crippen molar-refractivity contribution in [1.29, 1.82) is 5.26 Å². The van der Waals surface area contributed by atoms with Crippen molar-refractivity contribution in [3.05, 3.63) is 65.5 Å². The Morgan fingerprint density at radius 2 is 1.95 bits per heavy atom. The maximum absolute atomic E-state index is 14.0. The number of benzene rings is 2. The molecule has 2 N–H and O–H groups in total. The second-order valence-electron chi connectivity index (χ2n) is 4.69. The summed E-state index contributed by atoms with van der Waals surface area (Å²) in [6, 6.07) is 16.2. The Bertz CT molecular complexity index is 622. The number of rotatable bonds is 6. The Morgan fingerprint density at radius 1 is 1.19 bits per heavy atom. The van der Waals surface area contributed by atoms with E-state index in [4.69, 9.17) is 10.5 Å². The quantitative estimate of drug-likeness (QED) is 0.887. The molecule has 0 aliphatic rings. The minimum Gasteiger partial charge on any atom is -0.492 e. The van der Waals surface area contributed by atoms with Gasteiger partial charge in [-0.1, -0.05) is 30.3 Å². The van der Waals surface area contributed by atoms with E-state index in [9.17, 15) is 9.65 Å². The molecule has 3 nitrogen and oxygen atoms in total. The van der Waals surface area contributed by atoms with E-state index in [0.29, 0.717) is 30.9 Å². The van der Waals surface area contributed by atoms with Crippen molar-refractivity contribution in [2.45, 2.75) is 12.3 Å². The van der Waals surface area contributed by atoms with Crippen LogP contribution in [-0.4, -0.2) is 13.2 Å². The topological polar surface area (TPSA) is 59.0 Å². The van der Waals surface area contributed by atoms with Gasteiger partial charge < -0.3 is 10.5 Å². The third kappa shape index (κ3) is 4.04. The highest BCUT2D eigenvalue weighted by molar-refractivity contribution is 5.36. The molecule has 108 valence electrons. The first kappa shape index (κ1) is 15.0. The number of hydrogen-bond acceptors (Lipinski definition) is 3. The largest absolute Gasteiger partial charge is 0.492 e. The van der Waals surface area contributed by atoms with E-state index in [0.717, 1.165) is 5.56 Å². The van der Waals surface area contributed by atoms with Crippen molar-refractivity contribution < 1.29 is 9.13 Å². The summed E-state index contributed by atoms with van der Waals surface area (Å²) in [6.45, 7) is 0.749. The summed E-state index contributed by atoms with van der Waals surface area (Å²) < 4.78 is 19.4. The number of nitrogens with two attached hydrogens (primary N) is 1. The van der Waals surface area contributed by atoms with Gasteiger partial charge in [-0.15, -0.1) is 0 Å². The first-order valence-electron chi connectivity index (χ1n) is 6.80. The van der Waals surface area contributed by atoms with Crippen LogP contribution in [0.15, 0.2) is 48.5 Å². The molecule has 0 aromatic heterocycles. The van der Waals surface area contributed by atoms with Gasteiger partial charge in [0, 0.05) is 12.1 Å². The average Bonchev–Trinajstić information content (AvgIpc) is 2.53. The highest BCUT2D eigenvalue weighted by Crippen LogP contribution is 2.26. The lowest BCUT2D eigenvalue weighted by Crippen LogP contribution is -2.11. The van der Waals surface area contributed by atoms with Crippen LogP contribution in [0.25, 0.3) is 0 Å². The Balaban J connectivity index is 2.23. The molecule has 0 saturated carbocycles. The summed E-state index contributed by atoms with van der Waals surface area (Å²) in [5.74, 6) is -0.406. The molecule has 0 saturated heterocycles. The third-order valence-electron chi connectivity index (χ3n) is 3.17. The number of nitriles is 1. The van der Waals surface area contributed by atoms with E-state index >= 15 is 0 Å². The third-order valence-corrected chi connectivity index (χ3v) is 3.17. The van der Waals surface area contributed by atoms with Gasteiger partial charge in [0.1, 0.15) is 18.2 Å². The molecule has 2 aromatic rings. The van der Waals surface area contributed by atoms with E-state index in [-0.39, 0.29) is 0 Å². The summed E-state index contributed by atoms with van der Waals surface area (Å²) in [5.41, 5.74) is 6.74. The second-order valence-corrected chi connectivity index (χ2v) is 4.69. The van der Waals surface area contributed by atoms with Crippen LogP contribution in [0, 0.1) is 17.1 Å². The average molecular weight is 284 g/mol. The van der Waals surface area contributed by atoms with Gasteiger partial charge in [0.05, 0.1) is 12.0 Å². The highest BCUT2D eigenvalue weighted by Gasteiger charge is 2.17. The molecular weight excluding hydrogens is 267 g/mol. The van der Waals surface area contributed by atoms with Gasteiger partial charge in [0.2, 0.25) is 0 Å². The predicted octanol–water partition coefficient (Wildman–Crippen LogP) is 3.01. The second kappa shape index (κ2) is 7.41. The molecule has 2 aromatic carbocycles. The molecule has 1 atom stereocenters. The van der Waals surface area contributed by atoms with E-state index in [1.54, 1.807) is 12.1 Å². The molecule has 4 heteroatoms. The van der Waals surface area contributed by atoms with Crippen LogP contribution in [0.1, 0.15) is 17.0 Å². The predicted molar refractivity (Wildman–Crippen MR) is 79.4 cm³/mol. The lowest BCUT2D eigenvalue weighted by atomic mass is 9.92. The van der Waals surface area contributed by atoms with Crippen LogP contribution in [-0.2, 0) is 6.42 Å². The fourth-order valence-corrected chi connectivity index (χ4v) is 2.13. The molecule has 0 radical (unpaired) electrons. The van der Waals surface area contributed by atoms with Crippen molar-refractivity contribution in [3.8, 4) is 11.8 Å². The van der Waals surface area contributed by atoms with Crippen LogP contribution in [0.4, 0.5) is 4.39 Å². The SMILES string of the molecule is N#CC(Cc1ccccc1)c1cc(OCCN)ccc1F. The van der Waals surface area contributed by atoms with Crippen molar-refractivity contribution in [2.24, 2.45) is 5.73 Å². The van der Waals surface area contributed by atoms with Crippen molar-refractivity contribution in [1.82, 2.24) is 0 Å². The first-order valence-corrected chi connectivity index (χ1v) is 6.80. The molecule has 0 heterocycles. The van der Waals surface area contributed by atoms with E-state index in [1.165, 1.54) is 6.07 Å². The van der Waals surface area contributed by atoms with Crippen molar-refractivity contribution >= 4 is 0 Å². The summed E-state index contributed by atoms with van der Waals surface area (Å²) in [5, 5.41) is 9.35. The fourth-order valence-electron chi connectivity index (χ4n) is 2.13. The molecule has 1 unspecified atom stereocenters. The Morgan fingerprint density at radius 3 is 2.62 bits per heavy atom.